The molecule has 0 radical (unpaired) electrons. The first kappa shape index (κ1) is 17.3. The summed E-state index contributed by atoms with van der Waals surface area (Å²) in [6.45, 7) is 7.30. The number of benzene rings is 1. The van der Waals surface area contributed by atoms with Crippen LogP contribution < -0.4 is 10.1 Å². The maximum atomic E-state index is 6.10. The summed E-state index contributed by atoms with van der Waals surface area (Å²) < 4.78 is 11.1. The molecule has 1 rings (SSSR count). The molecule has 114 valence electrons. The molecule has 0 aromatic heterocycles. The van der Waals surface area contributed by atoms with Crippen molar-refractivity contribution in [3.05, 3.63) is 28.8 Å². The Hall–Kier alpha value is -0.770. The van der Waals surface area contributed by atoms with Crippen molar-refractivity contribution in [1.29, 1.82) is 0 Å². The molecular formula is C16H26ClNO2. The van der Waals surface area contributed by atoms with Crippen molar-refractivity contribution in [2.75, 3.05) is 20.8 Å². The van der Waals surface area contributed by atoms with E-state index in [1.54, 1.807) is 14.2 Å². The third-order valence-electron chi connectivity index (χ3n) is 3.67. The first-order valence-corrected chi connectivity index (χ1v) is 7.43. The lowest BCUT2D eigenvalue weighted by Crippen LogP contribution is -2.49. The summed E-state index contributed by atoms with van der Waals surface area (Å²) in [6.07, 6.45) is 1.90. The number of methoxy groups -OCH3 is 2. The molecule has 20 heavy (non-hydrogen) atoms. The fourth-order valence-electron chi connectivity index (χ4n) is 2.15. The van der Waals surface area contributed by atoms with Crippen LogP contribution in [0.1, 0.15) is 32.8 Å². The van der Waals surface area contributed by atoms with Crippen LogP contribution in [0.2, 0.25) is 5.02 Å². The smallest absolute Gasteiger partial charge is 0.122 e. The molecule has 1 unspecified atom stereocenters. The summed E-state index contributed by atoms with van der Waals surface area (Å²) in [5, 5.41) is 4.28. The van der Waals surface area contributed by atoms with Gasteiger partial charge in [-0.1, -0.05) is 18.5 Å². The highest BCUT2D eigenvalue weighted by atomic mass is 35.5. The maximum Gasteiger partial charge on any atom is 0.122 e. The lowest BCUT2D eigenvalue weighted by molar-refractivity contribution is -0.0101. The Labute approximate surface area is 127 Å². The average Bonchev–Trinajstić information content (AvgIpc) is 2.43. The Balaban J connectivity index is 2.96. The van der Waals surface area contributed by atoms with Gasteiger partial charge < -0.3 is 14.8 Å². The summed E-state index contributed by atoms with van der Waals surface area (Å²) in [7, 11) is 3.43. The van der Waals surface area contributed by atoms with E-state index in [1.807, 2.05) is 18.2 Å². The zero-order valence-corrected chi connectivity index (χ0v) is 13.9. The van der Waals surface area contributed by atoms with Gasteiger partial charge in [0.1, 0.15) is 5.75 Å². The molecule has 0 amide bonds. The van der Waals surface area contributed by atoms with E-state index in [1.165, 1.54) is 0 Å². The number of hydrogen-bond acceptors (Lipinski definition) is 3. The Kier molecular flexibility index (Phi) is 6.80. The number of nitrogens with one attached hydrogen (secondary N) is 1. The summed E-state index contributed by atoms with van der Waals surface area (Å²) in [5.41, 5.74) is 0.835. The molecule has 0 bridgehead atoms. The molecule has 0 fully saturated rings. The first-order chi connectivity index (χ1) is 9.44. The van der Waals surface area contributed by atoms with Crippen molar-refractivity contribution in [2.24, 2.45) is 0 Å². The Morgan fingerprint density at radius 1 is 1.30 bits per heavy atom. The molecule has 1 N–H and O–H groups in total. The quantitative estimate of drug-likeness (QED) is 0.794. The van der Waals surface area contributed by atoms with Gasteiger partial charge in [0, 0.05) is 18.2 Å². The van der Waals surface area contributed by atoms with Gasteiger partial charge in [0.25, 0.3) is 0 Å². The SMILES string of the molecule is CCCNC(Cc1cc(Cl)ccc1OC)C(C)(C)OC. The van der Waals surface area contributed by atoms with E-state index in [0.717, 1.165) is 35.7 Å². The van der Waals surface area contributed by atoms with Crippen LogP contribution in [0.4, 0.5) is 0 Å². The van der Waals surface area contributed by atoms with E-state index in [2.05, 4.69) is 26.1 Å². The Morgan fingerprint density at radius 3 is 2.55 bits per heavy atom. The van der Waals surface area contributed by atoms with Crippen LogP contribution in [0.25, 0.3) is 0 Å². The van der Waals surface area contributed by atoms with Gasteiger partial charge in [0.05, 0.1) is 12.7 Å². The van der Waals surface area contributed by atoms with Crippen LogP contribution in [-0.2, 0) is 11.2 Å². The van der Waals surface area contributed by atoms with E-state index in [0.29, 0.717) is 0 Å². The minimum atomic E-state index is -0.261. The van der Waals surface area contributed by atoms with Crippen molar-refractivity contribution in [1.82, 2.24) is 5.32 Å². The lowest BCUT2D eigenvalue weighted by Gasteiger charge is -2.34. The second-order valence-corrected chi connectivity index (χ2v) is 5.91. The largest absolute Gasteiger partial charge is 0.496 e. The highest BCUT2D eigenvalue weighted by Gasteiger charge is 2.29. The predicted octanol–water partition coefficient (Wildman–Crippen LogP) is 3.68. The lowest BCUT2D eigenvalue weighted by atomic mass is 9.91. The second-order valence-electron chi connectivity index (χ2n) is 5.47. The third kappa shape index (κ3) is 4.65. The van der Waals surface area contributed by atoms with Crippen LogP contribution in [0, 0.1) is 0 Å². The number of hydrogen-bond donors (Lipinski definition) is 1. The van der Waals surface area contributed by atoms with E-state index in [9.17, 15) is 0 Å². The fraction of sp³-hybridized carbons (Fsp3) is 0.625. The molecule has 1 atom stereocenters. The number of halogens is 1. The van der Waals surface area contributed by atoms with Crippen molar-refractivity contribution >= 4 is 11.6 Å². The van der Waals surface area contributed by atoms with Gasteiger partial charge in [-0.3, -0.25) is 0 Å². The molecule has 0 aliphatic rings. The minimum Gasteiger partial charge on any atom is -0.496 e. The van der Waals surface area contributed by atoms with Gasteiger partial charge >= 0.3 is 0 Å². The van der Waals surface area contributed by atoms with Gasteiger partial charge in [-0.25, -0.2) is 0 Å². The fourth-order valence-corrected chi connectivity index (χ4v) is 2.35. The minimum absolute atomic E-state index is 0.194. The van der Waals surface area contributed by atoms with Crippen LogP contribution >= 0.6 is 11.6 Å². The highest BCUT2D eigenvalue weighted by Crippen LogP contribution is 2.27. The van der Waals surface area contributed by atoms with Crippen LogP contribution in [0.5, 0.6) is 5.75 Å². The first-order valence-electron chi connectivity index (χ1n) is 7.05. The van der Waals surface area contributed by atoms with Crippen molar-refractivity contribution in [3.63, 3.8) is 0 Å². The predicted molar refractivity (Wildman–Crippen MR) is 84.9 cm³/mol. The topological polar surface area (TPSA) is 30.5 Å². The normalized spacial score (nSPS) is 13.3. The third-order valence-corrected chi connectivity index (χ3v) is 3.91. The number of rotatable bonds is 8. The molecule has 0 aliphatic carbocycles. The van der Waals surface area contributed by atoms with E-state index in [4.69, 9.17) is 21.1 Å². The van der Waals surface area contributed by atoms with Crippen molar-refractivity contribution in [3.8, 4) is 5.75 Å². The van der Waals surface area contributed by atoms with Gasteiger partial charge in [-0.15, -0.1) is 0 Å². The molecule has 3 nitrogen and oxygen atoms in total. The summed E-state index contributed by atoms with van der Waals surface area (Å²) in [5.74, 6) is 0.865. The van der Waals surface area contributed by atoms with Gasteiger partial charge in [0.15, 0.2) is 0 Å². The van der Waals surface area contributed by atoms with Crippen LogP contribution in [0.3, 0.4) is 0 Å². The molecule has 4 heteroatoms. The second kappa shape index (κ2) is 7.87. The van der Waals surface area contributed by atoms with Crippen LogP contribution in [0.15, 0.2) is 18.2 Å². The highest BCUT2D eigenvalue weighted by molar-refractivity contribution is 6.30. The Morgan fingerprint density at radius 2 is 2.00 bits per heavy atom. The summed E-state index contributed by atoms with van der Waals surface area (Å²) in [6, 6.07) is 5.92. The molecule has 0 saturated carbocycles. The molecule has 0 spiro atoms. The van der Waals surface area contributed by atoms with E-state index < -0.39 is 0 Å². The van der Waals surface area contributed by atoms with Crippen LogP contribution in [-0.4, -0.2) is 32.4 Å². The molecule has 0 heterocycles. The van der Waals surface area contributed by atoms with Gasteiger partial charge in [-0.2, -0.15) is 0 Å². The zero-order chi connectivity index (χ0) is 15.2. The van der Waals surface area contributed by atoms with Gasteiger partial charge in [-0.05, 0) is 57.0 Å². The molecule has 0 aliphatic heterocycles. The molecule has 1 aromatic rings. The van der Waals surface area contributed by atoms with Crippen molar-refractivity contribution < 1.29 is 9.47 Å². The Bertz CT molecular complexity index is 421. The summed E-state index contributed by atoms with van der Waals surface area (Å²) >= 11 is 6.10. The maximum absolute atomic E-state index is 6.10. The molecule has 1 aromatic carbocycles. The van der Waals surface area contributed by atoms with Gasteiger partial charge in [0.2, 0.25) is 0 Å². The monoisotopic (exact) mass is 299 g/mol. The van der Waals surface area contributed by atoms with Crippen molar-refractivity contribution in [2.45, 2.75) is 45.3 Å². The summed E-state index contributed by atoms with van der Waals surface area (Å²) in [4.78, 5) is 0. The van der Waals surface area contributed by atoms with E-state index in [-0.39, 0.29) is 11.6 Å². The molecular weight excluding hydrogens is 274 g/mol. The average molecular weight is 300 g/mol. The molecule has 0 saturated heterocycles. The zero-order valence-electron chi connectivity index (χ0n) is 13.1. The van der Waals surface area contributed by atoms with E-state index >= 15 is 0 Å². The standard InChI is InChI=1S/C16H26ClNO2/c1-6-9-18-15(16(2,3)20-5)11-12-10-13(17)7-8-14(12)19-4/h7-8,10,15,18H,6,9,11H2,1-5H3. The number of ether oxygens (including phenoxy) is 2.